The van der Waals surface area contributed by atoms with Crippen LogP contribution >= 0.6 is 0 Å². The fourth-order valence-corrected chi connectivity index (χ4v) is 2.83. The highest BCUT2D eigenvalue weighted by Gasteiger charge is 2.13. The molecule has 1 aliphatic rings. The molecule has 0 aromatic carbocycles. The van der Waals surface area contributed by atoms with E-state index in [-0.39, 0.29) is 0 Å². The summed E-state index contributed by atoms with van der Waals surface area (Å²) in [7, 11) is 0. The maximum atomic E-state index is 5.89. The van der Waals surface area contributed by atoms with Gasteiger partial charge in [-0.25, -0.2) is 0 Å². The van der Waals surface area contributed by atoms with Gasteiger partial charge in [-0.1, -0.05) is 32.6 Å². The summed E-state index contributed by atoms with van der Waals surface area (Å²) >= 11 is 0. The molecule has 6 nitrogen and oxygen atoms in total. The molecule has 2 heterocycles. The Morgan fingerprint density at radius 1 is 1.23 bits per heavy atom. The zero-order valence-electron chi connectivity index (χ0n) is 13.9. The van der Waals surface area contributed by atoms with Crippen LogP contribution in [0, 0.1) is 0 Å². The van der Waals surface area contributed by atoms with E-state index < -0.39 is 0 Å². The summed E-state index contributed by atoms with van der Waals surface area (Å²) in [5, 5.41) is 11.8. The van der Waals surface area contributed by atoms with Crippen molar-refractivity contribution in [2.45, 2.75) is 71.3 Å². The van der Waals surface area contributed by atoms with Crippen molar-refractivity contribution in [2.24, 2.45) is 10.7 Å². The lowest BCUT2D eigenvalue weighted by molar-refractivity contribution is 0.601. The number of nitrogens with one attached hydrogen (secondary N) is 1. The highest BCUT2D eigenvalue weighted by atomic mass is 15.3. The van der Waals surface area contributed by atoms with Crippen molar-refractivity contribution in [3.8, 4) is 0 Å². The first-order valence-electron chi connectivity index (χ1n) is 8.76. The lowest BCUT2D eigenvalue weighted by Crippen LogP contribution is -2.33. The van der Waals surface area contributed by atoms with Gasteiger partial charge in [0.15, 0.2) is 5.96 Å². The second-order valence-electron chi connectivity index (χ2n) is 6.00. The zero-order valence-corrected chi connectivity index (χ0v) is 13.9. The van der Waals surface area contributed by atoms with Crippen LogP contribution in [0.15, 0.2) is 4.99 Å². The minimum absolute atomic E-state index is 0.548. The van der Waals surface area contributed by atoms with Gasteiger partial charge in [0.2, 0.25) is 0 Å². The molecule has 0 amide bonds. The average molecular weight is 306 g/mol. The Morgan fingerprint density at radius 3 is 3.00 bits per heavy atom. The smallest absolute Gasteiger partial charge is 0.188 e. The van der Waals surface area contributed by atoms with E-state index >= 15 is 0 Å². The number of aromatic nitrogens is 3. The van der Waals surface area contributed by atoms with Gasteiger partial charge in [-0.2, -0.15) is 0 Å². The van der Waals surface area contributed by atoms with Crippen molar-refractivity contribution >= 4 is 5.96 Å². The molecule has 124 valence electrons. The summed E-state index contributed by atoms with van der Waals surface area (Å²) in [5.74, 6) is 2.76. The van der Waals surface area contributed by atoms with E-state index in [1.54, 1.807) is 0 Å². The van der Waals surface area contributed by atoms with Crippen LogP contribution in [-0.2, 0) is 19.4 Å². The molecule has 0 atom stereocenters. The van der Waals surface area contributed by atoms with Gasteiger partial charge in [0.05, 0.1) is 0 Å². The third-order valence-corrected chi connectivity index (χ3v) is 4.13. The highest BCUT2D eigenvalue weighted by molar-refractivity contribution is 5.77. The molecule has 1 aliphatic heterocycles. The van der Waals surface area contributed by atoms with Gasteiger partial charge in [0.1, 0.15) is 11.6 Å². The van der Waals surface area contributed by atoms with Crippen LogP contribution in [0.25, 0.3) is 0 Å². The maximum Gasteiger partial charge on any atom is 0.188 e. The quantitative estimate of drug-likeness (QED) is 0.437. The van der Waals surface area contributed by atoms with Crippen molar-refractivity contribution in [3.63, 3.8) is 0 Å². The number of nitrogens with zero attached hydrogens (tertiary/aromatic N) is 4. The topological polar surface area (TPSA) is 81.1 Å². The second-order valence-corrected chi connectivity index (χ2v) is 6.00. The van der Waals surface area contributed by atoms with Gasteiger partial charge in [-0.3, -0.25) is 4.99 Å². The zero-order chi connectivity index (χ0) is 15.6. The van der Waals surface area contributed by atoms with Crippen LogP contribution in [0.4, 0.5) is 0 Å². The number of guanidine groups is 1. The Kier molecular flexibility index (Phi) is 7.19. The molecule has 0 fully saturated rings. The number of fused-ring (bicyclic) bond motifs is 1. The predicted molar refractivity (Wildman–Crippen MR) is 89.9 cm³/mol. The highest BCUT2D eigenvalue weighted by Crippen LogP contribution is 2.14. The number of unbranched alkanes of at least 4 members (excludes halogenated alkanes) is 3. The number of rotatable bonds is 8. The molecule has 0 spiro atoms. The number of hydrogen-bond donors (Lipinski definition) is 2. The first-order valence-corrected chi connectivity index (χ1v) is 8.76. The summed E-state index contributed by atoms with van der Waals surface area (Å²) in [6.07, 6.45) is 10.5. The molecule has 0 unspecified atom stereocenters. The van der Waals surface area contributed by atoms with Crippen LogP contribution in [-0.4, -0.2) is 33.8 Å². The SMILES string of the molecule is CCCCCCN=C(N)NCCc1nnc2n1CCCCC2. The molecule has 0 saturated carbocycles. The van der Waals surface area contributed by atoms with E-state index in [0.717, 1.165) is 50.5 Å². The average Bonchev–Trinajstić information content (AvgIpc) is 2.75. The van der Waals surface area contributed by atoms with Gasteiger partial charge in [-0.05, 0) is 19.3 Å². The maximum absolute atomic E-state index is 5.89. The van der Waals surface area contributed by atoms with E-state index in [1.807, 2.05) is 0 Å². The van der Waals surface area contributed by atoms with Crippen molar-refractivity contribution in [3.05, 3.63) is 11.6 Å². The molecular formula is C16H30N6. The van der Waals surface area contributed by atoms with Gasteiger partial charge >= 0.3 is 0 Å². The van der Waals surface area contributed by atoms with Crippen LogP contribution in [0.2, 0.25) is 0 Å². The molecule has 22 heavy (non-hydrogen) atoms. The Bertz CT molecular complexity index is 465. The van der Waals surface area contributed by atoms with E-state index in [2.05, 4.69) is 32.0 Å². The third kappa shape index (κ3) is 5.31. The fourth-order valence-electron chi connectivity index (χ4n) is 2.83. The Labute approximate surface area is 133 Å². The molecule has 0 aliphatic carbocycles. The van der Waals surface area contributed by atoms with Gasteiger partial charge in [0.25, 0.3) is 0 Å². The standard InChI is InChI=1S/C16H30N6/c1-2-3-4-7-11-18-16(17)19-12-10-15-21-20-14-9-6-5-8-13-22(14)15/h2-13H2,1H3,(H3,17,18,19). The molecule has 2 rings (SSSR count). The lowest BCUT2D eigenvalue weighted by atomic mass is 10.2. The second kappa shape index (κ2) is 9.43. The minimum Gasteiger partial charge on any atom is -0.370 e. The Morgan fingerprint density at radius 2 is 2.14 bits per heavy atom. The molecule has 0 radical (unpaired) electrons. The number of aliphatic imine (C=N–C) groups is 1. The van der Waals surface area contributed by atoms with Crippen molar-refractivity contribution in [2.75, 3.05) is 13.1 Å². The normalized spacial score (nSPS) is 15.4. The summed E-state index contributed by atoms with van der Waals surface area (Å²) < 4.78 is 2.28. The van der Waals surface area contributed by atoms with E-state index in [4.69, 9.17) is 5.73 Å². The monoisotopic (exact) mass is 306 g/mol. The lowest BCUT2D eigenvalue weighted by Gasteiger charge is -2.08. The molecular weight excluding hydrogens is 276 g/mol. The predicted octanol–water partition coefficient (Wildman–Crippen LogP) is 2.03. The van der Waals surface area contributed by atoms with Crippen molar-refractivity contribution in [1.29, 1.82) is 0 Å². The van der Waals surface area contributed by atoms with Crippen LogP contribution in [0.3, 0.4) is 0 Å². The Balaban J connectivity index is 1.70. The molecule has 1 aromatic rings. The first kappa shape index (κ1) is 16.8. The van der Waals surface area contributed by atoms with Gasteiger partial charge in [0, 0.05) is 32.5 Å². The van der Waals surface area contributed by atoms with E-state index in [0.29, 0.717) is 5.96 Å². The molecule has 0 bridgehead atoms. The van der Waals surface area contributed by atoms with Crippen LogP contribution in [0.1, 0.15) is 63.5 Å². The van der Waals surface area contributed by atoms with Gasteiger partial charge in [-0.15, -0.1) is 10.2 Å². The molecule has 6 heteroatoms. The van der Waals surface area contributed by atoms with E-state index in [1.165, 1.54) is 38.5 Å². The summed E-state index contributed by atoms with van der Waals surface area (Å²) in [5.41, 5.74) is 5.89. The molecule has 1 aromatic heterocycles. The summed E-state index contributed by atoms with van der Waals surface area (Å²) in [6.45, 7) is 4.85. The summed E-state index contributed by atoms with van der Waals surface area (Å²) in [6, 6.07) is 0. The van der Waals surface area contributed by atoms with Crippen LogP contribution < -0.4 is 11.1 Å². The van der Waals surface area contributed by atoms with Crippen LogP contribution in [0.5, 0.6) is 0 Å². The number of aryl methyl sites for hydroxylation is 1. The van der Waals surface area contributed by atoms with Crippen molar-refractivity contribution < 1.29 is 0 Å². The molecule has 0 saturated heterocycles. The van der Waals surface area contributed by atoms with Crippen molar-refractivity contribution in [1.82, 2.24) is 20.1 Å². The number of hydrogen-bond acceptors (Lipinski definition) is 3. The number of nitrogens with two attached hydrogens (primary N) is 1. The largest absolute Gasteiger partial charge is 0.370 e. The Hall–Kier alpha value is -1.59. The fraction of sp³-hybridized carbons (Fsp3) is 0.812. The third-order valence-electron chi connectivity index (χ3n) is 4.13. The van der Waals surface area contributed by atoms with E-state index in [9.17, 15) is 0 Å². The first-order chi connectivity index (χ1) is 10.8. The van der Waals surface area contributed by atoms with Gasteiger partial charge < -0.3 is 15.6 Å². The molecule has 3 N–H and O–H groups in total. The minimum atomic E-state index is 0.548. The summed E-state index contributed by atoms with van der Waals surface area (Å²) in [4.78, 5) is 4.36.